The van der Waals surface area contributed by atoms with E-state index in [0.29, 0.717) is 18.8 Å². The quantitative estimate of drug-likeness (QED) is 0.504. The van der Waals surface area contributed by atoms with Crippen molar-refractivity contribution in [1.29, 1.82) is 0 Å². The van der Waals surface area contributed by atoms with Crippen molar-refractivity contribution in [2.75, 3.05) is 5.32 Å². The smallest absolute Gasteiger partial charge is 0.152 e. The number of phenols is 1. The molecular weight excluding hydrogens is 376 g/mol. The predicted octanol–water partition coefficient (Wildman–Crippen LogP) is 6.03. The molecule has 0 amide bonds. The number of halogens is 3. The number of nitrogens with one attached hydrogen (secondary N) is 1. The van der Waals surface area contributed by atoms with Crippen LogP contribution in [0.15, 0.2) is 60.7 Å². The van der Waals surface area contributed by atoms with E-state index in [-0.39, 0.29) is 21.6 Å². The molecule has 0 aliphatic carbocycles. The fourth-order valence-corrected chi connectivity index (χ4v) is 2.88. The Morgan fingerprint density at radius 3 is 2.31 bits per heavy atom. The van der Waals surface area contributed by atoms with E-state index in [4.69, 9.17) is 27.9 Å². The molecule has 0 spiro atoms. The van der Waals surface area contributed by atoms with E-state index in [0.717, 1.165) is 16.9 Å². The lowest BCUT2D eigenvalue weighted by Crippen LogP contribution is -2.03. The van der Waals surface area contributed by atoms with Crippen molar-refractivity contribution < 1.29 is 14.2 Å². The van der Waals surface area contributed by atoms with Gasteiger partial charge in [-0.15, -0.1) is 0 Å². The van der Waals surface area contributed by atoms with Crippen molar-refractivity contribution in [2.45, 2.75) is 13.2 Å². The number of benzene rings is 3. The number of hydrogen-bond donors (Lipinski definition) is 2. The summed E-state index contributed by atoms with van der Waals surface area (Å²) in [4.78, 5) is 0. The van der Waals surface area contributed by atoms with Crippen LogP contribution in [0.25, 0.3) is 0 Å². The third-order valence-corrected chi connectivity index (χ3v) is 4.36. The van der Waals surface area contributed by atoms with Gasteiger partial charge in [0.1, 0.15) is 18.2 Å². The summed E-state index contributed by atoms with van der Waals surface area (Å²) < 4.78 is 18.8. The number of ether oxygens (including phenoxy) is 1. The van der Waals surface area contributed by atoms with Crippen molar-refractivity contribution in [1.82, 2.24) is 0 Å². The molecule has 0 aliphatic rings. The van der Waals surface area contributed by atoms with Gasteiger partial charge in [0.15, 0.2) is 5.75 Å². The Kier molecular flexibility index (Phi) is 5.86. The molecule has 0 heterocycles. The van der Waals surface area contributed by atoms with Crippen molar-refractivity contribution in [3.05, 3.63) is 87.7 Å². The van der Waals surface area contributed by atoms with Gasteiger partial charge in [0.25, 0.3) is 0 Å². The van der Waals surface area contributed by atoms with Gasteiger partial charge in [0.2, 0.25) is 0 Å². The highest BCUT2D eigenvalue weighted by atomic mass is 35.5. The van der Waals surface area contributed by atoms with E-state index in [1.165, 1.54) is 12.1 Å². The van der Waals surface area contributed by atoms with Crippen LogP contribution >= 0.6 is 23.2 Å². The minimum Gasteiger partial charge on any atom is -0.505 e. The molecular formula is C20H16Cl2FNO2. The van der Waals surface area contributed by atoms with Crippen LogP contribution in [0.4, 0.5) is 10.1 Å². The highest BCUT2D eigenvalue weighted by Gasteiger charge is 2.08. The Morgan fingerprint density at radius 2 is 1.62 bits per heavy atom. The molecule has 0 radical (unpaired) electrons. The van der Waals surface area contributed by atoms with E-state index in [2.05, 4.69) is 5.32 Å². The lowest BCUT2D eigenvalue weighted by molar-refractivity contribution is 0.303. The molecule has 3 rings (SSSR count). The summed E-state index contributed by atoms with van der Waals surface area (Å²) in [6.45, 7) is 0.825. The summed E-state index contributed by atoms with van der Waals surface area (Å²) in [5.41, 5.74) is 2.51. The van der Waals surface area contributed by atoms with E-state index in [1.54, 1.807) is 24.3 Å². The van der Waals surface area contributed by atoms with Crippen molar-refractivity contribution in [3.63, 3.8) is 0 Å². The molecule has 3 nitrogen and oxygen atoms in total. The van der Waals surface area contributed by atoms with Crippen molar-refractivity contribution in [2.24, 2.45) is 0 Å². The lowest BCUT2D eigenvalue weighted by Gasteiger charge is -2.13. The molecule has 3 aromatic carbocycles. The number of anilines is 1. The molecule has 26 heavy (non-hydrogen) atoms. The first-order valence-electron chi connectivity index (χ1n) is 7.90. The second kappa shape index (κ2) is 8.30. The second-order valence-electron chi connectivity index (χ2n) is 5.66. The Bertz CT molecular complexity index is 878. The molecule has 0 unspecified atom stereocenters. The standard InChI is InChI=1S/C20H16Cl2FNO2/c21-17-9-16(10-18(22)20(17)25)24-11-14-3-1-2-4-19(14)26-12-13-5-7-15(23)8-6-13/h1-10,24-25H,11-12H2. The molecule has 0 fully saturated rings. The number of rotatable bonds is 6. The predicted molar refractivity (Wildman–Crippen MR) is 103 cm³/mol. The third kappa shape index (κ3) is 4.59. The molecule has 0 aromatic heterocycles. The topological polar surface area (TPSA) is 41.5 Å². The number of aromatic hydroxyl groups is 1. The normalized spacial score (nSPS) is 10.6. The Labute approximate surface area is 161 Å². The van der Waals surface area contributed by atoms with Gasteiger partial charge >= 0.3 is 0 Å². The van der Waals surface area contributed by atoms with Gasteiger partial charge in [-0.25, -0.2) is 4.39 Å². The van der Waals surface area contributed by atoms with Crippen LogP contribution in [0.2, 0.25) is 10.0 Å². The van der Waals surface area contributed by atoms with Gasteiger partial charge in [-0.3, -0.25) is 0 Å². The van der Waals surface area contributed by atoms with Gasteiger partial charge in [-0.1, -0.05) is 53.5 Å². The average molecular weight is 392 g/mol. The Morgan fingerprint density at radius 1 is 0.962 bits per heavy atom. The average Bonchev–Trinajstić information content (AvgIpc) is 2.64. The molecule has 134 valence electrons. The van der Waals surface area contributed by atoms with E-state index in [1.807, 2.05) is 24.3 Å². The van der Waals surface area contributed by atoms with Crippen LogP contribution < -0.4 is 10.1 Å². The summed E-state index contributed by atoms with van der Waals surface area (Å²) in [6, 6.07) is 17.0. The third-order valence-electron chi connectivity index (χ3n) is 3.78. The van der Waals surface area contributed by atoms with Crippen molar-refractivity contribution in [3.8, 4) is 11.5 Å². The van der Waals surface area contributed by atoms with Crippen LogP contribution in [0.3, 0.4) is 0 Å². The van der Waals surface area contributed by atoms with E-state index in [9.17, 15) is 9.50 Å². The van der Waals surface area contributed by atoms with E-state index < -0.39 is 0 Å². The first-order valence-corrected chi connectivity index (χ1v) is 8.65. The zero-order valence-electron chi connectivity index (χ0n) is 13.7. The summed E-state index contributed by atoms with van der Waals surface area (Å²) in [6.07, 6.45) is 0. The molecule has 0 bridgehead atoms. The fraction of sp³-hybridized carbons (Fsp3) is 0.100. The zero-order valence-corrected chi connectivity index (χ0v) is 15.2. The monoisotopic (exact) mass is 391 g/mol. The molecule has 3 aromatic rings. The van der Waals surface area contributed by atoms with Crippen LogP contribution in [-0.2, 0) is 13.2 Å². The largest absolute Gasteiger partial charge is 0.505 e. The first kappa shape index (κ1) is 18.4. The molecule has 2 N–H and O–H groups in total. The maximum Gasteiger partial charge on any atom is 0.152 e. The summed E-state index contributed by atoms with van der Waals surface area (Å²) >= 11 is 11.9. The molecule has 0 aliphatic heterocycles. The Hall–Kier alpha value is -2.43. The second-order valence-corrected chi connectivity index (χ2v) is 6.48. The minimum absolute atomic E-state index is 0.137. The van der Waals surface area contributed by atoms with Crippen LogP contribution in [0.5, 0.6) is 11.5 Å². The Balaban J connectivity index is 1.68. The van der Waals surface area contributed by atoms with Gasteiger partial charge in [0, 0.05) is 17.8 Å². The molecule has 0 saturated carbocycles. The van der Waals surface area contributed by atoms with Gasteiger partial charge < -0.3 is 15.2 Å². The van der Waals surface area contributed by atoms with Crippen LogP contribution in [-0.4, -0.2) is 5.11 Å². The lowest BCUT2D eigenvalue weighted by atomic mass is 10.2. The van der Waals surface area contributed by atoms with Crippen molar-refractivity contribution >= 4 is 28.9 Å². The maximum absolute atomic E-state index is 13.0. The zero-order chi connectivity index (χ0) is 18.5. The van der Waals surface area contributed by atoms with Crippen LogP contribution in [0, 0.1) is 5.82 Å². The van der Waals surface area contributed by atoms with Gasteiger partial charge in [-0.2, -0.15) is 0 Å². The maximum atomic E-state index is 13.0. The summed E-state index contributed by atoms with van der Waals surface area (Å²) in [5.74, 6) is 0.312. The number of para-hydroxylation sites is 1. The SMILES string of the molecule is Oc1c(Cl)cc(NCc2ccccc2OCc2ccc(F)cc2)cc1Cl. The molecule has 6 heteroatoms. The fourth-order valence-electron chi connectivity index (χ4n) is 2.40. The molecule has 0 atom stereocenters. The van der Waals surface area contributed by atoms with Crippen LogP contribution in [0.1, 0.15) is 11.1 Å². The van der Waals surface area contributed by atoms with Gasteiger partial charge in [-0.05, 0) is 35.9 Å². The minimum atomic E-state index is -0.274. The van der Waals surface area contributed by atoms with E-state index >= 15 is 0 Å². The molecule has 0 saturated heterocycles. The summed E-state index contributed by atoms with van der Waals surface area (Å²) in [5, 5.41) is 13.2. The number of hydrogen-bond acceptors (Lipinski definition) is 3. The highest BCUT2D eigenvalue weighted by molar-refractivity contribution is 6.37. The van der Waals surface area contributed by atoms with Gasteiger partial charge in [0.05, 0.1) is 10.0 Å². The number of phenolic OH excluding ortho intramolecular Hbond substituents is 1. The highest BCUT2D eigenvalue weighted by Crippen LogP contribution is 2.35. The summed E-state index contributed by atoms with van der Waals surface area (Å²) in [7, 11) is 0. The first-order chi connectivity index (χ1) is 12.5.